The fraction of sp³-hybridized carbons (Fsp3) is 0.571. The van der Waals surface area contributed by atoms with Gasteiger partial charge in [-0.25, -0.2) is 9.69 Å². The molecule has 0 radical (unpaired) electrons. The summed E-state index contributed by atoms with van der Waals surface area (Å²) >= 11 is 0. The highest BCUT2D eigenvalue weighted by Gasteiger charge is 2.39. The van der Waals surface area contributed by atoms with Gasteiger partial charge in [0.25, 0.3) is 5.91 Å². The molecule has 0 spiro atoms. The Morgan fingerprint density at radius 2 is 2.36 bits per heavy atom. The standard InChI is InChI=1S/C7H11N3O4/c1-9-2-5(11)14-7(13)10-3-4(8)6(10)12/h4,9H,2-3,8H2,1H3/t4-/m0/s1. The monoisotopic (exact) mass is 201 g/mol. The number of nitrogens with two attached hydrogens (primary N) is 1. The van der Waals surface area contributed by atoms with E-state index in [1.54, 1.807) is 0 Å². The molecule has 2 amide bonds. The number of esters is 1. The van der Waals surface area contributed by atoms with E-state index in [1.165, 1.54) is 7.05 Å². The lowest BCUT2D eigenvalue weighted by Crippen LogP contribution is -2.63. The van der Waals surface area contributed by atoms with Gasteiger partial charge < -0.3 is 15.8 Å². The number of rotatable bonds is 2. The Kier molecular flexibility index (Phi) is 3.15. The van der Waals surface area contributed by atoms with Gasteiger partial charge in [-0.15, -0.1) is 0 Å². The normalized spacial score (nSPS) is 20.3. The summed E-state index contributed by atoms with van der Waals surface area (Å²) < 4.78 is 4.32. The zero-order valence-electron chi connectivity index (χ0n) is 7.65. The van der Waals surface area contributed by atoms with Crippen LogP contribution in [0.1, 0.15) is 0 Å². The number of hydrogen-bond acceptors (Lipinski definition) is 6. The van der Waals surface area contributed by atoms with Crippen molar-refractivity contribution in [1.29, 1.82) is 0 Å². The van der Waals surface area contributed by atoms with Gasteiger partial charge in [0.1, 0.15) is 6.04 Å². The minimum absolute atomic E-state index is 0.0835. The molecule has 3 N–H and O–H groups in total. The average Bonchev–Trinajstić information content (AvgIpc) is 2.13. The molecule has 14 heavy (non-hydrogen) atoms. The minimum Gasteiger partial charge on any atom is -0.375 e. The lowest BCUT2D eigenvalue weighted by Gasteiger charge is -2.32. The highest BCUT2D eigenvalue weighted by Crippen LogP contribution is 2.09. The van der Waals surface area contributed by atoms with Gasteiger partial charge in [-0.1, -0.05) is 0 Å². The quantitative estimate of drug-likeness (QED) is 0.305. The Morgan fingerprint density at radius 3 is 2.79 bits per heavy atom. The van der Waals surface area contributed by atoms with Crippen molar-refractivity contribution < 1.29 is 19.1 Å². The molecule has 0 saturated carbocycles. The van der Waals surface area contributed by atoms with Gasteiger partial charge in [0.05, 0.1) is 13.1 Å². The van der Waals surface area contributed by atoms with E-state index in [4.69, 9.17) is 5.73 Å². The second-order valence-corrected chi connectivity index (χ2v) is 2.83. The molecule has 0 aromatic carbocycles. The molecule has 1 saturated heterocycles. The van der Waals surface area contributed by atoms with Crippen LogP contribution >= 0.6 is 0 Å². The number of amides is 2. The van der Waals surface area contributed by atoms with Crippen LogP contribution in [0.25, 0.3) is 0 Å². The molecular formula is C7H11N3O4. The first-order valence-corrected chi connectivity index (χ1v) is 4.02. The number of likely N-dealkylation sites (N-methyl/N-ethyl adjacent to an activating group) is 1. The summed E-state index contributed by atoms with van der Waals surface area (Å²) in [5, 5.41) is 2.51. The van der Waals surface area contributed by atoms with Crippen molar-refractivity contribution in [2.75, 3.05) is 20.1 Å². The van der Waals surface area contributed by atoms with Gasteiger partial charge in [0.15, 0.2) is 0 Å². The number of imide groups is 1. The molecule has 0 bridgehead atoms. The number of carbonyl (C=O) groups is 3. The summed E-state index contributed by atoms with van der Waals surface area (Å²) in [6, 6.07) is -0.651. The summed E-state index contributed by atoms with van der Waals surface area (Å²) in [6.07, 6.45) is -0.961. The number of ether oxygens (including phenoxy) is 1. The Bertz CT molecular complexity index is 278. The van der Waals surface area contributed by atoms with Crippen LogP contribution in [0.15, 0.2) is 0 Å². The predicted octanol–water partition coefficient (Wildman–Crippen LogP) is -1.96. The smallest absolute Gasteiger partial charge is 0.375 e. The van der Waals surface area contributed by atoms with Gasteiger partial charge in [0, 0.05) is 0 Å². The summed E-state index contributed by atoms with van der Waals surface area (Å²) in [4.78, 5) is 33.6. The van der Waals surface area contributed by atoms with Crippen LogP contribution in [0.3, 0.4) is 0 Å². The van der Waals surface area contributed by atoms with E-state index in [-0.39, 0.29) is 13.1 Å². The summed E-state index contributed by atoms with van der Waals surface area (Å²) in [5.41, 5.74) is 5.24. The second-order valence-electron chi connectivity index (χ2n) is 2.83. The van der Waals surface area contributed by atoms with E-state index in [9.17, 15) is 14.4 Å². The largest absolute Gasteiger partial charge is 0.424 e. The highest BCUT2D eigenvalue weighted by atomic mass is 16.6. The van der Waals surface area contributed by atoms with Crippen molar-refractivity contribution in [1.82, 2.24) is 10.2 Å². The second kappa shape index (κ2) is 4.16. The van der Waals surface area contributed by atoms with Crippen molar-refractivity contribution in [3.05, 3.63) is 0 Å². The number of hydrogen-bond donors (Lipinski definition) is 2. The number of nitrogens with zero attached hydrogens (tertiary/aromatic N) is 1. The maximum atomic E-state index is 11.0. The molecule has 0 aromatic rings. The Hall–Kier alpha value is -1.47. The molecule has 7 nitrogen and oxygen atoms in total. The van der Waals surface area contributed by atoms with Crippen molar-refractivity contribution in [2.45, 2.75) is 6.04 Å². The maximum absolute atomic E-state index is 11.0. The van der Waals surface area contributed by atoms with Crippen LogP contribution in [0, 0.1) is 0 Å². The molecule has 0 unspecified atom stereocenters. The summed E-state index contributed by atoms with van der Waals surface area (Å²) in [7, 11) is 1.54. The van der Waals surface area contributed by atoms with E-state index in [1.807, 2.05) is 0 Å². The van der Waals surface area contributed by atoms with Gasteiger partial charge in [-0.3, -0.25) is 9.59 Å². The van der Waals surface area contributed by atoms with Crippen LogP contribution in [0.4, 0.5) is 4.79 Å². The predicted molar refractivity (Wildman–Crippen MR) is 45.1 cm³/mol. The van der Waals surface area contributed by atoms with Crippen molar-refractivity contribution in [2.24, 2.45) is 5.73 Å². The van der Waals surface area contributed by atoms with Crippen LogP contribution in [0.5, 0.6) is 0 Å². The van der Waals surface area contributed by atoms with E-state index in [2.05, 4.69) is 10.1 Å². The average molecular weight is 201 g/mol. The van der Waals surface area contributed by atoms with Crippen molar-refractivity contribution >= 4 is 18.0 Å². The number of nitrogens with one attached hydrogen (secondary N) is 1. The highest BCUT2D eigenvalue weighted by molar-refractivity contribution is 6.02. The van der Waals surface area contributed by atoms with Crippen molar-refractivity contribution in [3.63, 3.8) is 0 Å². The molecule has 1 fully saturated rings. The summed E-state index contributed by atoms with van der Waals surface area (Å²) in [6.45, 7) is 0.0182. The van der Waals surface area contributed by atoms with E-state index in [0.717, 1.165) is 4.90 Å². The Morgan fingerprint density at radius 1 is 1.71 bits per heavy atom. The molecular weight excluding hydrogens is 190 g/mol. The van der Waals surface area contributed by atoms with Crippen LogP contribution in [-0.2, 0) is 14.3 Å². The van der Waals surface area contributed by atoms with Gasteiger partial charge >= 0.3 is 12.1 Å². The third kappa shape index (κ3) is 2.06. The fourth-order valence-corrected chi connectivity index (χ4v) is 0.950. The van der Waals surface area contributed by atoms with Crippen LogP contribution < -0.4 is 11.1 Å². The third-order valence-electron chi connectivity index (χ3n) is 1.71. The third-order valence-corrected chi connectivity index (χ3v) is 1.71. The first-order valence-electron chi connectivity index (χ1n) is 4.02. The van der Waals surface area contributed by atoms with E-state index in [0.29, 0.717) is 0 Å². The lowest BCUT2D eigenvalue weighted by molar-refractivity contribution is -0.144. The van der Waals surface area contributed by atoms with Crippen molar-refractivity contribution in [3.8, 4) is 0 Å². The molecule has 1 aliphatic rings. The number of β-lactam (4-membered cyclic amide) rings is 1. The zero-order valence-corrected chi connectivity index (χ0v) is 7.65. The molecule has 1 atom stereocenters. The van der Waals surface area contributed by atoms with E-state index < -0.39 is 24.0 Å². The van der Waals surface area contributed by atoms with Gasteiger partial charge in [-0.2, -0.15) is 0 Å². The minimum atomic E-state index is -0.961. The first-order chi connectivity index (χ1) is 6.56. The number of likely N-dealkylation sites (tertiary alicyclic amines) is 1. The summed E-state index contributed by atoms with van der Waals surface area (Å²) in [5.74, 6) is -1.25. The Balaban J connectivity index is 2.36. The van der Waals surface area contributed by atoms with Gasteiger partial charge in [0.2, 0.25) is 0 Å². The molecule has 0 aliphatic carbocycles. The molecule has 78 valence electrons. The topological polar surface area (TPSA) is 102 Å². The SMILES string of the molecule is CNCC(=O)OC(=O)N1C[C@H](N)C1=O. The molecule has 1 heterocycles. The lowest BCUT2D eigenvalue weighted by atomic mass is 10.1. The Labute approximate surface area is 80.2 Å². The molecule has 0 aromatic heterocycles. The molecule has 7 heteroatoms. The number of carbonyl (C=O) groups excluding carboxylic acids is 3. The van der Waals surface area contributed by atoms with Crippen LogP contribution in [0.2, 0.25) is 0 Å². The molecule has 1 aliphatic heterocycles. The van der Waals surface area contributed by atoms with Crippen LogP contribution in [-0.4, -0.2) is 49.0 Å². The molecule has 1 rings (SSSR count). The van der Waals surface area contributed by atoms with Gasteiger partial charge in [-0.05, 0) is 7.05 Å². The zero-order chi connectivity index (χ0) is 10.7. The van der Waals surface area contributed by atoms with E-state index >= 15 is 0 Å². The first kappa shape index (κ1) is 10.6. The fourth-order valence-electron chi connectivity index (χ4n) is 0.950. The maximum Gasteiger partial charge on any atom is 0.424 e.